The minimum atomic E-state index is -1.17. The van der Waals surface area contributed by atoms with E-state index in [4.69, 9.17) is 0 Å². The van der Waals surface area contributed by atoms with Gasteiger partial charge < -0.3 is 40.1 Å². The van der Waals surface area contributed by atoms with E-state index >= 15 is 0 Å². The first-order valence-electron chi connectivity index (χ1n) is 12.7. The molecule has 6 N–H and O–H groups in total. The molecular formula is C32H22O12. The van der Waals surface area contributed by atoms with Crippen LogP contribution in [0.1, 0.15) is 63.7 Å². The summed E-state index contributed by atoms with van der Waals surface area (Å²) in [6.45, 7) is 0. The largest absolute Gasteiger partial charge is 0.507 e. The second-order valence-electron chi connectivity index (χ2n) is 9.57. The first-order valence-corrected chi connectivity index (χ1v) is 12.7. The maximum atomic E-state index is 13.9. The lowest BCUT2D eigenvalue weighted by Gasteiger charge is -2.17. The molecule has 0 fully saturated rings. The lowest BCUT2D eigenvalue weighted by atomic mass is 9.87. The highest BCUT2D eigenvalue weighted by molar-refractivity contribution is 6.43. The Hall–Kier alpha value is -6.30. The summed E-state index contributed by atoms with van der Waals surface area (Å²) in [7, 11) is 2.16. The monoisotopic (exact) mass is 598 g/mol. The molecule has 0 heterocycles. The van der Waals surface area contributed by atoms with E-state index in [1.807, 2.05) is 0 Å². The van der Waals surface area contributed by atoms with E-state index in [9.17, 15) is 49.8 Å². The summed E-state index contributed by atoms with van der Waals surface area (Å²) in [5.41, 5.74) is -3.29. The van der Waals surface area contributed by atoms with Gasteiger partial charge in [-0.05, 0) is 36.4 Å². The fourth-order valence-corrected chi connectivity index (χ4v) is 5.17. The van der Waals surface area contributed by atoms with E-state index in [0.717, 1.165) is 44.6 Å². The molecule has 0 spiro atoms. The van der Waals surface area contributed by atoms with E-state index in [0.29, 0.717) is 0 Å². The molecule has 1 aliphatic carbocycles. The Morgan fingerprint density at radius 3 is 1.55 bits per heavy atom. The summed E-state index contributed by atoms with van der Waals surface area (Å²) in [6.07, 6.45) is 0. The number of allylic oxidation sites excluding steroid dienone is 1. The molecule has 0 unspecified atom stereocenters. The summed E-state index contributed by atoms with van der Waals surface area (Å²) in [5, 5.41) is 65.0. The molecule has 0 bridgehead atoms. The molecule has 0 saturated carbocycles. The fraction of sp³-hybridized carbons (Fsp3) is 0.0625. The van der Waals surface area contributed by atoms with Crippen LogP contribution >= 0.6 is 0 Å². The Kier molecular flexibility index (Phi) is 7.19. The number of phenolic OH excluding ortho intramolecular Hbond substituents is 6. The third-order valence-corrected chi connectivity index (χ3v) is 7.07. The molecule has 0 aliphatic heterocycles. The van der Waals surface area contributed by atoms with Gasteiger partial charge in [0, 0.05) is 27.8 Å². The maximum absolute atomic E-state index is 13.9. The van der Waals surface area contributed by atoms with E-state index in [1.54, 1.807) is 0 Å². The number of phenols is 6. The highest BCUT2D eigenvalue weighted by atomic mass is 16.5. The van der Waals surface area contributed by atoms with Gasteiger partial charge in [-0.2, -0.15) is 0 Å². The Morgan fingerprint density at radius 1 is 0.545 bits per heavy atom. The molecule has 5 rings (SSSR count). The predicted octanol–water partition coefficient (Wildman–Crippen LogP) is 3.88. The summed E-state index contributed by atoms with van der Waals surface area (Å²) < 4.78 is 9.21. The van der Waals surface area contributed by atoms with Crippen molar-refractivity contribution in [1.82, 2.24) is 0 Å². The van der Waals surface area contributed by atoms with Crippen LogP contribution in [0, 0.1) is 0 Å². The number of aromatic hydroxyl groups is 6. The van der Waals surface area contributed by atoms with Gasteiger partial charge in [-0.15, -0.1) is 0 Å². The number of carbonyl (C=O) groups is 4. The first-order chi connectivity index (χ1) is 20.9. The molecule has 0 amide bonds. The van der Waals surface area contributed by atoms with Gasteiger partial charge in [-0.25, -0.2) is 9.59 Å². The molecule has 1 aliphatic rings. The van der Waals surface area contributed by atoms with E-state index in [-0.39, 0.29) is 39.0 Å². The molecule has 0 saturated heterocycles. The zero-order valence-electron chi connectivity index (χ0n) is 22.9. The third-order valence-electron chi connectivity index (χ3n) is 7.07. The molecule has 12 nitrogen and oxygen atoms in total. The Morgan fingerprint density at radius 2 is 1.02 bits per heavy atom. The van der Waals surface area contributed by atoms with Crippen LogP contribution < -0.4 is 0 Å². The topological polar surface area (TPSA) is 208 Å². The second-order valence-corrected chi connectivity index (χ2v) is 9.57. The van der Waals surface area contributed by atoms with Crippen LogP contribution in [0.15, 0.2) is 60.7 Å². The van der Waals surface area contributed by atoms with Crippen molar-refractivity contribution in [3.8, 4) is 34.5 Å². The van der Waals surface area contributed by atoms with Crippen molar-refractivity contribution < 1.29 is 59.3 Å². The van der Waals surface area contributed by atoms with Gasteiger partial charge in [0.25, 0.3) is 0 Å². The third kappa shape index (κ3) is 4.50. The first kappa shape index (κ1) is 29.2. The number of esters is 2. The Labute approximate surface area is 247 Å². The maximum Gasteiger partial charge on any atom is 0.338 e. The van der Waals surface area contributed by atoms with Gasteiger partial charge in [0.05, 0.1) is 36.5 Å². The number of hydrogen-bond acceptors (Lipinski definition) is 12. The molecule has 0 atom stereocenters. The van der Waals surface area contributed by atoms with Crippen molar-refractivity contribution >= 4 is 34.7 Å². The zero-order chi connectivity index (χ0) is 32.0. The molecule has 12 heteroatoms. The predicted molar refractivity (Wildman–Crippen MR) is 152 cm³/mol. The lowest BCUT2D eigenvalue weighted by Crippen LogP contribution is -2.10. The van der Waals surface area contributed by atoms with Gasteiger partial charge in [-0.1, -0.05) is 24.3 Å². The van der Waals surface area contributed by atoms with Crippen molar-refractivity contribution in [2.24, 2.45) is 0 Å². The number of rotatable bonds is 6. The average Bonchev–Trinajstić information content (AvgIpc) is 3.27. The minimum absolute atomic E-state index is 0.0827. The molecule has 222 valence electrons. The second kappa shape index (κ2) is 10.8. The van der Waals surface area contributed by atoms with Crippen LogP contribution in [0.25, 0.3) is 11.1 Å². The van der Waals surface area contributed by atoms with Crippen LogP contribution in [0.5, 0.6) is 34.5 Å². The van der Waals surface area contributed by atoms with Crippen molar-refractivity contribution in [1.29, 1.82) is 0 Å². The zero-order valence-corrected chi connectivity index (χ0v) is 22.9. The molecule has 4 aromatic rings. The SMILES string of the molecule is COC(=O)c1cc(O)c(C(=O)c2c(O)cccc2C2=C(c3c(O)cc(C(=O)OC)cc3O)c3c(O)cccc3C2=O)c(O)c1. The quantitative estimate of drug-likeness (QED) is 0.138. The number of ether oxygens (including phenoxy) is 2. The molecule has 4 aromatic carbocycles. The average molecular weight is 599 g/mol. The van der Waals surface area contributed by atoms with Gasteiger partial charge in [0.1, 0.15) is 40.1 Å². The van der Waals surface area contributed by atoms with Crippen molar-refractivity contribution in [3.05, 3.63) is 105 Å². The number of carbonyl (C=O) groups excluding carboxylic acids is 4. The van der Waals surface area contributed by atoms with E-state index in [2.05, 4.69) is 9.47 Å². The van der Waals surface area contributed by atoms with Gasteiger partial charge in [0.2, 0.25) is 5.78 Å². The fourth-order valence-electron chi connectivity index (χ4n) is 5.17. The number of methoxy groups -OCH3 is 2. The number of ketones is 2. The smallest absolute Gasteiger partial charge is 0.338 e. The number of Topliss-reactive ketones (excluding diaryl/α,β-unsaturated/α-hetero) is 1. The molecule has 0 radical (unpaired) electrons. The van der Waals surface area contributed by atoms with Crippen molar-refractivity contribution in [3.63, 3.8) is 0 Å². The number of fused-ring (bicyclic) bond motifs is 1. The summed E-state index contributed by atoms with van der Waals surface area (Å²) in [5.74, 6) is -7.93. The van der Waals surface area contributed by atoms with Crippen LogP contribution in [0.2, 0.25) is 0 Å². The van der Waals surface area contributed by atoms with Crippen LogP contribution in [0.4, 0.5) is 0 Å². The number of benzene rings is 4. The van der Waals surface area contributed by atoms with Crippen molar-refractivity contribution in [2.45, 2.75) is 0 Å². The van der Waals surface area contributed by atoms with Gasteiger partial charge in [-0.3, -0.25) is 9.59 Å². The van der Waals surface area contributed by atoms with E-state index in [1.165, 1.54) is 30.3 Å². The van der Waals surface area contributed by atoms with Gasteiger partial charge in [0.15, 0.2) is 5.78 Å². The standard InChI is InChI=1S/C32H22O12/c1-43-31(41)13-9-19(35)26(20(36)10-13)28-23-16(6-4-7-17(23)33)29(39)25(28)15-5-3-8-18(34)24(15)30(40)27-21(37)11-14(12-22(27)38)32(42)44-2/h3-12,33-38H,1-2H3. The Bertz CT molecular complexity index is 1920. The van der Waals surface area contributed by atoms with E-state index < -0.39 is 74.7 Å². The molecular weight excluding hydrogens is 576 g/mol. The van der Waals surface area contributed by atoms with Crippen LogP contribution in [0.3, 0.4) is 0 Å². The highest BCUT2D eigenvalue weighted by Crippen LogP contribution is 2.52. The summed E-state index contributed by atoms with van der Waals surface area (Å²) >= 11 is 0. The summed E-state index contributed by atoms with van der Waals surface area (Å²) in [6, 6.07) is 11.3. The van der Waals surface area contributed by atoms with Gasteiger partial charge >= 0.3 is 11.9 Å². The van der Waals surface area contributed by atoms with Crippen LogP contribution in [-0.2, 0) is 9.47 Å². The normalized spacial score (nSPS) is 12.2. The minimum Gasteiger partial charge on any atom is -0.507 e. The summed E-state index contributed by atoms with van der Waals surface area (Å²) in [4.78, 5) is 51.8. The van der Waals surface area contributed by atoms with Crippen LogP contribution in [-0.4, -0.2) is 68.4 Å². The Balaban J connectivity index is 1.83. The number of hydrogen-bond donors (Lipinski definition) is 6. The lowest BCUT2D eigenvalue weighted by molar-refractivity contribution is 0.0591. The highest BCUT2D eigenvalue weighted by Gasteiger charge is 2.39. The van der Waals surface area contributed by atoms with Crippen molar-refractivity contribution in [2.75, 3.05) is 14.2 Å². The molecule has 44 heavy (non-hydrogen) atoms. The molecule has 0 aromatic heterocycles.